The molecule has 2 heterocycles. The molecule has 280 valence electrons. The summed E-state index contributed by atoms with van der Waals surface area (Å²) in [5.74, 6) is -7.14. The average Bonchev–Trinajstić information content (AvgIpc) is 3.10. The second-order valence-corrected chi connectivity index (χ2v) is 14.8. The summed E-state index contributed by atoms with van der Waals surface area (Å²) in [6.07, 6.45) is -5.02. The topological polar surface area (TPSA) is 233 Å². The second kappa shape index (κ2) is 17.5. The molecule has 0 aliphatic carbocycles. The number of alkyl halides is 3. The Morgan fingerprint density at radius 3 is 2.10 bits per heavy atom. The van der Waals surface area contributed by atoms with Crippen LogP contribution in [0, 0.1) is 5.92 Å². The molecule has 1 saturated heterocycles. The predicted octanol–water partition coefficient (Wildman–Crippen LogP) is 3.50. The van der Waals surface area contributed by atoms with Crippen molar-refractivity contribution in [3.05, 3.63) is 83.1 Å². The van der Waals surface area contributed by atoms with Crippen LogP contribution in [0.2, 0.25) is 0 Å². The Bertz CT molecular complexity index is 1660. The third-order valence-electron chi connectivity index (χ3n) is 7.82. The van der Waals surface area contributed by atoms with Gasteiger partial charge in [0.25, 0.3) is 11.6 Å². The molecule has 4 atom stereocenters. The van der Waals surface area contributed by atoms with E-state index < -0.39 is 94.4 Å². The lowest BCUT2D eigenvalue weighted by atomic mass is 9.95. The molecule has 0 aromatic heterocycles. The summed E-state index contributed by atoms with van der Waals surface area (Å²) in [7, 11) is 1.09. The fourth-order valence-electron chi connectivity index (χ4n) is 5.43. The van der Waals surface area contributed by atoms with Crippen LogP contribution in [0.15, 0.2) is 71.9 Å². The molecule has 1 fully saturated rings. The second-order valence-electron chi connectivity index (χ2n) is 11.3. The number of primary amides is 1. The number of methoxy groups -OCH3 is 1. The van der Waals surface area contributed by atoms with E-state index in [1.807, 2.05) is 0 Å². The van der Waals surface area contributed by atoms with Crippen LogP contribution in [-0.2, 0) is 38.1 Å². The summed E-state index contributed by atoms with van der Waals surface area (Å²) in [6.45, 7) is -1.13. The number of ether oxygens (including phenoxy) is 4. The lowest BCUT2D eigenvalue weighted by molar-refractivity contribution is -0.193. The molecule has 2 aromatic carbocycles. The van der Waals surface area contributed by atoms with Gasteiger partial charge in [-0.25, -0.2) is 14.4 Å². The number of amides is 4. The Hall–Kier alpha value is -4.26. The number of rotatable bonds is 16. The van der Waals surface area contributed by atoms with Gasteiger partial charge in [-0.3, -0.25) is 24.6 Å². The lowest BCUT2D eigenvalue weighted by Crippen LogP contribution is -2.81. The molecule has 52 heavy (non-hydrogen) atoms. The molecular formula is C32H33Cl3N4O12S. The average molecular weight is 804 g/mol. The first kappa shape index (κ1) is 40.5. The first-order valence-electron chi connectivity index (χ1n) is 15.3. The molecule has 20 heteroatoms. The van der Waals surface area contributed by atoms with Gasteiger partial charge < -0.3 is 40.2 Å². The van der Waals surface area contributed by atoms with E-state index in [0.29, 0.717) is 11.1 Å². The number of benzene rings is 2. The smallest absolute Gasteiger partial charge is 0.409 e. The van der Waals surface area contributed by atoms with E-state index in [0.717, 1.165) is 23.8 Å². The van der Waals surface area contributed by atoms with Crippen LogP contribution in [0.4, 0.5) is 9.59 Å². The van der Waals surface area contributed by atoms with Crippen molar-refractivity contribution >= 4 is 82.5 Å². The first-order valence-corrected chi connectivity index (χ1v) is 17.4. The van der Waals surface area contributed by atoms with Gasteiger partial charge in [0.1, 0.15) is 42.5 Å². The van der Waals surface area contributed by atoms with Crippen molar-refractivity contribution in [1.82, 2.24) is 15.5 Å². The van der Waals surface area contributed by atoms with Gasteiger partial charge in [-0.2, -0.15) is 0 Å². The SMILES string of the molecule is CO[C@@]1(NC(=O)C(CCC(NC(=O)OCC(Cl)(Cl)Cl)OC(c2ccccc2)c2ccccc2)C(=O)O)C(=O)N2C(C(=O)O)=C(COC(N)=O)CS[C@H]21. The van der Waals surface area contributed by atoms with Crippen LogP contribution < -0.4 is 16.4 Å². The van der Waals surface area contributed by atoms with Crippen LogP contribution in [0.3, 0.4) is 0 Å². The molecule has 16 nitrogen and oxygen atoms in total. The van der Waals surface area contributed by atoms with Crippen molar-refractivity contribution in [2.75, 3.05) is 26.1 Å². The van der Waals surface area contributed by atoms with Crippen LogP contribution in [0.1, 0.15) is 30.1 Å². The zero-order valence-corrected chi connectivity index (χ0v) is 30.2. The maximum atomic E-state index is 13.6. The molecule has 0 radical (unpaired) electrons. The molecule has 6 N–H and O–H groups in total. The van der Waals surface area contributed by atoms with Crippen LogP contribution >= 0.6 is 46.6 Å². The predicted molar refractivity (Wildman–Crippen MR) is 186 cm³/mol. The summed E-state index contributed by atoms with van der Waals surface area (Å²) in [4.78, 5) is 76.4. The van der Waals surface area contributed by atoms with E-state index in [2.05, 4.69) is 10.6 Å². The van der Waals surface area contributed by atoms with Crippen LogP contribution in [-0.4, -0.2) is 98.2 Å². The number of hydrogen-bond donors (Lipinski definition) is 5. The molecule has 0 saturated carbocycles. The van der Waals surface area contributed by atoms with E-state index in [1.165, 1.54) is 0 Å². The fraction of sp³-hybridized carbons (Fsp3) is 0.375. The van der Waals surface area contributed by atoms with E-state index in [4.69, 9.17) is 59.5 Å². The Labute approximate surface area is 315 Å². The highest BCUT2D eigenvalue weighted by Gasteiger charge is 2.67. The van der Waals surface area contributed by atoms with Crippen LogP contribution in [0.25, 0.3) is 0 Å². The van der Waals surface area contributed by atoms with E-state index in [1.54, 1.807) is 60.7 Å². The highest BCUT2D eigenvalue weighted by Crippen LogP contribution is 2.47. The largest absolute Gasteiger partial charge is 0.481 e. The molecule has 2 unspecified atom stereocenters. The number of alkyl carbamates (subject to hydrolysis) is 1. The zero-order chi connectivity index (χ0) is 38.2. The number of carboxylic acid groups (broad SMARTS) is 2. The highest BCUT2D eigenvalue weighted by atomic mass is 35.6. The van der Waals surface area contributed by atoms with Gasteiger partial charge in [0.2, 0.25) is 9.70 Å². The highest BCUT2D eigenvalue weighted by molar-refractivity contribution is 8.00. The zero-order valence-electron chi connectivity index (χ0n) is 27.2. The van der Waals surface area contributed by atoms with Crippen molar-refractivity contribution in [2.45, 2.75) is 40.1 Å². The molecule has 2 aliphatic rings. The Balaban J connectivity index is 1.55. The molecule has 0 bridgehead atoms. The standard InChI is InChI=1S/C32H33Cl3N4O12S/c1-48-32(27(45)39-22(26(43)44)19(14-49-29(36)46)15-52-28(32)39)38-24(40)20(25(41)42)12-13-21(37-30(47)50-16-31(33,34)35)51-23(17-8-4-2-5-9-17)18-10-6-3-7-11-18/h2-11,20-21,23,28H,12-16H2,1H3,(H2,36,46)(H,37,47)(H,38,40)(H,41,42)(H,43,44)/t20?,21?,28-,32-/m0/s1. The van der Waals surface area contributed by atoms with Gasteiger partial charge in [0.05, 0.1) is 0 Å². The van der Waals surface area contributed by atoms with Crippen molar-refractivity contribution in [3.8, 4) is 0 Å². The van der Waals surface area contributed by atoms with Crippen molar-refractivity contribution in [3.63, 3.8) is 0 Å². The van der Waals surface area contributed by atoms with Crippen molar-refractivity contribution in [2.24, 2.45) is 11.7 Å². The van der Waals surface area contributed by atoms with Gasteiger partial charge in [0.15, 0.2) is 0 Å². The molecule has 0 spiro atoms. The Morgan fingerprint density at radius 1 is 1.00 bits per heavy atom. The normalized spacial score (nSPS) is 19.5. The van der Waals surface area contributed by atoms with Gasteiger partial charge in [0, 0.05) is 18.4 Å². The number of carbonyl (C=O) groups is 6. The number of nitrogens with zero attached hydrogens (tertiary/aromatic N) is 1. The van der Waals surface area contributed by atoms with Gasteiger partial charge >= 0.3 is 24.1 Å². The minimum Gasteiger partial charge on any atom is -0.481 e. The maximum Gasteiger partial charge on any atom is 0.409 e. The van der Waals surface area contributed by atoms with Crippen molar-refractivity contribution in [1.29, 1.82) is 0 Å². The number of hydrogen-bond acceptors (Lipinski definition) is 11. The fourth-order valence-corrected chi connectivity index (χ4v) is 7.02. The van der Waals surface area contributed by atoms with Gasteiger partial charge in [-0.1, -0.05) is 95.5 Å². The number of aliphatic carboxylic acids is 2. The van der Waals surface area contributed by atoms with E-state index >= 15 is 0 Å². The van der Waals surface area contributed by atoms with Crippen molar-refractivity contribution < 1.29 is 57.9 Å². The number of carbonyl (C=O) groups excluding carboxylic acids is 4. The quantitative estimate of drug-likeness (QED) is 0.0709. The first-order chi connectivity index (χ1) is 24.6. The molecule has 4 amide bonds. The van der Waals surface area contributed by atoms with E-state index in [9.17, 15) is 39.0 Å². The van der Waals surface area contributed by atoms with Gasteiger partial charge in [-0.05, 0) is 24.0 Å². The summed E-state index contributed by atoms with van der Waals surface area (Å²) in [5, 5.41) is 23.7. The molecule has 4 rings (SSSR count). The third kappa shape index (κ3) is 9.78. The summed E-state index contributed by atoms with van der Waals surface area (Å²) in [6, 6.07) is 17.9. The minimum absolute atomic E-state index is 0.0598. The number of halogens is 3. The summed E-state index contributed by atoms with van der Waals surface area (Å²) in [5.41, 5.74) is 3.79. The Kier molecular flexibility index (Phi) is 13.6. The maximum absolute atomic E-state index is 13.6. The van der Waals surface area contributed by atoms with Crippen LogP contribution in [0.5, 0.6) is 0 Å². The van der Waals surface area contributed by atoms with E-state index in [-0.39, 0.29) is 17.7 Å². The Morgan fingerprint density at radius 2 is 1.60 bits per heavy atom. The third-order valence-corrected chi connectivity index (χ3v) is 9.52. The van der Waals surface area contributed by atoms with Gasteiger partial charge in [-0.15, -0.1) is 11.8 Å². The number of thioether (sulfide) groups is 1. The molecule has 2 aliphatic heterocycles. The minimum atomic E-state index is -2.15. The summed E-state index contributed by atoms with van der Waals surface area (Å²) < 4.78 is 19.5. The number of β-lactam (4-membered cyclic amide) rings is 1. The number of fused-ring (bicyclic) bond motifs is 1. The number of nitrogens with two attached hydrogens (primary N) is 1. The monoisotopic (exact) mass is 802 g/mol. The molecular weight excluding hydrogens is 771 g/mol. The number of nitrogens with one attached hydrogen (secondary N) is 2. The summed E-state index contributed by atoms with van der Waals surface area (Å²) >= 11 is 18.1. The number of carboxylic acids is 2. The molecule has 2 aromatic rings. The lowest BCUT2D eigenvalue weighted by Gasteiger charge is -2.55.